The molecule has 1 amide bonds. The first kappa shape index (κ1) is 10.8. The number of amides is 1. The van der Waals surface area contributed by atoms with Gasteiger partial charge >= 0.3 is 0 Å². The molecule has 0 aromatic heterocycles. The molecular weight excluding hydrogens is 186 g/mol. The summed E-state index contributed by atoms with van der Waals surface area (Å²) in [5, 5.41) is 2.65. The summed E-state index contributed by atoms with van der Waals surface area (Å²) in [6.07, 6.45) is 6.75. The SMILES string of the molecule is CCC(Cl)C(=O)NC1CCCCC1. The van der Waals surface area contributed by atoms with E-state index in [4.69, 9.17) is 11.6 Å². The van der Waals surface area contributed by atoms with Crippen LogP contribution in [0.15, 0.2) is 0 Å². The van der Waals surface area contributed by atoms with E-state index in [1.807, 2.05) is 6.92 Å². The number of carbonyl (C=O) groups is 1. The second kappa shape index (κ2) is 5.48. The van der Waals surface area contributed by atoms with Crippen molar-refractivity contribution in [3.8, 4) is 0 Å². The highest BCUT2D eigenvalue weighted by Gasteiger charge is 2.19. The van der Waals surface area contributed by atoms with Gasteiger partial charge in [0.25, 0.3) is 0 Å². The zero-order valence-corrected chi connectivity index (χ0v) is 8.94. The zero-order chi connectivity index (χ0) is 9.68. The minimum absolute atomic E-state index is 0.0102. The van der Waals surface area contributed by atoms with E-state index < -0.39 is 0 Å². The number of hydrogen-bond donors (Lipinski definition) is 1. The van der Waals surface area contributed by atoms with Crippen LogP contribution >= 0.6 is 11.6 Å². The number of alkyl halides is 1. The van der Waals surface area contributed by atoms with E-state index in [0.717, 1.165) is 12.8 Å². The van der Waals surface area contributed by atoms with Crippen molar-refractivity contribution in [2.75, 3.05) is 0 Å². The smallest absolute Gasteiger partial charge is 0.238 e. The van der Waals surface area contributed by atoms with Gasteiger partial charge in [0.2, 0.25) is 5.91 Å². The molecule has 13 heavy (non-hydrogen) atoms. The lowest BCUT2D eigenvalue weighted by Gasteiger charge is -2.23. The molecule has 3 heteroatoms. The van der Waals surface area contributed by atoms with Crippen LogP contribution < -0.4 is 5.32 Å². The van der Waals surface area contributed by atoms with Crippen LogP contribution in [0, 0.1) is 0 Å². The molecule has 1 aliphatic carbocycles. The van der Waals surface area contributed by atoms with Gasteiger partial charge in [0.1, 0.15) is 5.38 Å². The lowest BCUT2D eigenvalue weighted by molar-refractivity contribution is -0.121. The number of rotatable bonds is 3. The van der Waals surface area contributed by atoms with Crippen molar-refractivity contribution in [3.05, 3.63) is 0 Å². The zero-order valence-electron chi connectivity index (χ0n) is 8.18. The summed E-state index contributed by atoms with van der Waals surface area (Å²) in [4.78, 5) is 11.4. The normalized spacial score (nSPS) is 21.1. The van der Waals surface area contributed by atoms with Gasteiger partial charge in [-0.3, -0.25) is 4.79 Å². The first-order valence-electron chi connectivity index (χ1n) is 5.18. The van der Waals surface area contributed by atoms with Crippen LogP contribution in [0.3, 0.4) is 0 Å². The van der Waals surface area contributed by atoms with Crippen LogP contribution in [0.25, 0.3) is 0 Å². The van der Waals surface area contributed by atoms with Crippen LogP contribution in [-0.2, 0) is 4.79 Å². The molecule has 1 unspecified atom stereocenters. The van der Waals surface area contributed by atoms with Crippen molar-refractivity contribution in [2.45, 2.75) is 56.9 Å². The van der Waals surface area contributed by atoms with E-state index in [-0.39, 0.29) is 11.3 Å². The van der Waals surface area contributed by atoms with E-state index in [0.29, 0.717) is 12.5 Å². The quantitative estimate of drug-likeness (QED) is 0.702. The van der Waals surface area contributed by atoms with Crippen LogP contribution in [0.2, 0.25) is 0 Å². The largest absolute Gasteiger partial charge is 0.352 e. The maximum atomic E-state index is 11.4. The molecule has 1 aliphatic rings. The van der Waals surface area contributed by atoms with Crippen LogP contribution in [0.1, 0.15) is 45.4 Å². The highest BCUT2D eigenvalue weighted by Crippen LogP contribution is 2.17. The van der Waals surface area contributed by atoms with Gasteiger partial charge in [-0.05, 0) is 19.3 Å². The third-order valence-electron chi connectivity index (χ3n) is 2.59. The molecule has 0 aromatic carbocycles. The summed E-state index contributed by atoms with van der Waals surface area (Å²) >= 11 is 5.82. The van der Waals surface area contributed by atoms with Gasteiger partial charge < -0.3 is 5.32 Å². The third kappa shape index (κ3) is 3.55. The topological polar surface area (TPSA) is 29.1 Å². The minimum Gasteiger partial charge on any atom is -0.352 e. The highest BCUT2D eigenvalue weighted by atomic mass is 35.5. The number of hydrogen-bond acceptors (Lipinski definition) is 1. The molecule has 0 aliphatic heterocycles. The van der Waals surface area contributed by atoms with Crippen molar-refractivity contribution < 1.29 is 4.79 Å². The summed E-state index contributed by atoms with van der Waals surface area (Å²) in [7, 11) is 0. The molecule has 0 spiro atoms. The van der Waals surface area contributed by atoms with Gasteiger partial charge in [-0.1, -0.05) is 26.2 Å². The van der Waals surface area contributed by atoms with E-state index in [1.54, 1.807) is 0 Å². The Morgan fingerprint density at radius 1 is 1.46 bits per heavy atom. The molecule has 1 atom stereocenters. The molecule has 0 heterocycles. The molecule has 0 aromatic rings. The Morgan fingerprint density at radius 3 is 2.62 bits per heavy atom. The fraction of sp³-hybridized carbons (Fsp3) is 0.900. The molecule has 2 nitrogen and oxygen atoms in total. The van der Waals surface area contributed by atoms with Crippen molar-refractivity contribution in [3.63, 3.8) is 0 Å². The highest BCUT2D eigenvalue weighted by molar-refractivity contribution is 6.30. The first-order valence-corrected chi connectivity index (χ1v) is 5.62. The van der Waals surface area contributed by atoms with E-state index in [1.165, 1.54) is 19.3 Å². The van der Waals surface area contributed by atoms with Gasteiger partial charge in [0.05, 0.1) is 0 Å². The van der Waals surface area contributed by atoms with E-state index >= 15 is 0 Å². The molecule has 1 rings (SSSR count). The lowest BCUT2D eigenvalue weighted by atomic mass is 9.95. The Kier molecular flexibility index (Phi) is 4.57. The molecule has 0 bridgehead atoms. The Labute approximate surface area is 85.0 Å². The second-order valence-electron chi connectivity index (χ2n) is 3.72. The first-order chi connectivity index (χ1) is 6.24. The summed E-state index contributed by atoms with van der Waals surface area (Å²) in [5.41, 5.74) is 0. The Morgan fingerprint density at radius 2 is 2.08 bits per heavy atom. The Bertz CT molecular complexity index is 166. The van der Waals surface area contributed by atoms with Gasteiger partial charge in [-0.2, -0.15) is 0 Å². The predicted molar refractivity (Wildman–Crippen MR) is 54.9 cm³/mol. The monoisotopic (exact) mass is 203 g/mol. The predicted octanol–water partition coefficient (Wildman–Crippen LogP) is 2.45. The van der Waals surface area contributed by atoms with E-state index in [9.17, 15) is 4.79 Å². The van der Waals surface area contributed by atoms with Crippen LogP contribution in [0.4, 0.5) is 0 Å². The molecule has 0 saturated heterocycles. The summed E-state index contributed by atoms with van der Waals surface area (Å²) in [6.45, 7) is 1.93. The van der Waals surface area contributed by atoms with Crippen molar-refractivity contribution in [1.29, 1.82) is 0 Å². The van der Waals surface area contributed by atoms with Crippen molar-refractivity contribution >= 4 is 17.5 Å². The molecule has 76 valence electrons. The second-order valence-corrected chi connectivity index (χ2v) is 4.25. The van der Waals surface area contributed by atoms with Gasteiger partial charge in [0.15, 0.2) is 0 Å². The lowest BCUT2D eigenvalue weighted by Crippen LogP contribution is -2.40. The number of halogens is 1. The number of carbonyl (C=O) groups excluding carboxylic acids is 1. The fourth-order valence-corrected chi connectivity index (χ4v) is 1.79. The molecular formula is C10H18ClNO. The van der Waals surface area contributed by atoms with Gasteiger partial charge in [-0.15, -0.1) is 11.6 Å². The van der Waals surface area contributed by atoms with Gasteiger partial charge in [0, 0.05) is 6.04 Å². The Hall–Kier alpha value is -0.240. The maximum Gasteiger partial charge on any atom is 0.238 e. The summed E-state index contributed by atoms with van der Waals surface area (Å²) < 4.78 is 0. The molecule has 0 radical (unpaired) electrons. The average Bonchev–Trinajstić information content (AvgIpc) is 2.18. The fourth-order valence-electron chi connectivity index (χ4n) is 1.72. The van der Waals surface area contributed by atoms with Crippen molar-refractivity contribution in [1.82, 2.24) is 5.32 Å². The molecule has 1 saturated carbocycles. The van der Waals surface area contributed by atoms with Gasteiger partial charge in [-0.25, -0.2) is 0 Å². The molecule has 1 N–H and O–H groups in total. The standard InChI is InChI=1S/C10H18ClNO/c1-2-9(11)10(13)12-8-6-4-3-5-7-8/h8-9H,2-7H2,1H3,(H,12,13). The minimum atomic E-state index is -0.345. The average molecular weight is 204 g/mol. The Balaban J connectivity index is 2.26. The molecule has 1 fully saturated rings. The summed E-state index contributed by atoms with van der Waals surface area (Å²) in [6, 6.07) is 0.383. The van der Waals surface area contributed by atoms with Crippen LogP contribution in [-0.4, -0.2) is 17.3 Å². The third-order valence-corrected chi connectivity index (χ3v) is 3.10. The van der Waals surface area contributed by atoms with Crippen LogP contribution in [0.5, 0.6) is 0 Å². The van der Waals surface area contributed by atoms with E-state index in [2.05, 4.69) is 5.32 Å². The number of nitrogens with one attached hydrogen (secondary N) is 1. The van der Waals surface area contributed by atoms with Crippen molar-refractivity contribution in [2.24, 2.45) is 0 Å². The maximum absolute atomic E-state index is 11.4. The summed E-state index contributed by atoms with van der Waals surface area (Å²) in [5.74, 6) is 0.0102.